The average molecular weight is 256 g/mol. The molecule has 0 saturated carbocycles. The molecule has 100 valence electrons. The van der Waals surface area contributed by atoms with Crippen molar-refractivity contribution in [2.75, 3.05) is 0 Å². The van der Waals surface area contributed by atoms with E-state index in [9.17, 15) is 4.79 Å². The highest BCUT2D eigenvalue weighted by molar-refractivity contribution is 5.98. The van der Waals surface area contributed by atoms with Crippen LogP contribution in [0.1, 0.15) is 42.5 Å². The third-order valence-electron chi connectivity index (χ3n) is 3.28. The van der Waals surface area contributed by atoms with Gasteiger partial charge in [-0.15, -0.1) is 0 Å². The number of aryl methyl sites for hydroxylation is 1. The van der Waals surface area contributed by atoms with Gasteiger partial charge in [0, 0.05) is 25.0 Å². The van der Waals surface area contributed by atoms with Crippen molar-refractivity contribution < 1.29 is 4.79 Å². The summed E-state index contributed by atoms with van der Waals surface area (Å²) in [7, 11) is 1.91. The Hall–Kier alpha value is -1.90. The molecule has 2 rings (SSSR count). The van der Waals surface area contributed by atoms with Crippen molar-refractivity contribution in [3.05, 3.63) is 53.6 Å². The molecule has 0 radical (unpaired) electrons. The minimum Gasteiger partial charge on any atom is -0.338 e. The fraction of sp³-hybridized carbons (Fsp3) is 0.375. The van der Waals surface area contributed by atoms with E-state index in [0.717, 1.165) is 17.0 Å². The maximum Gasteiger partial charge on any atom is 0.170 e. The van der Waals surface area contributed by atoms with Crippen molar-refractivity contribution in [3.63, 3.8) is 0 Å². The maximum atomic E-state index is 12.5. The fourth-order valence-corrected chi connectivity index (χ4v) is 2.19. The Labute approximate surface area is 114 Å². The van der Waals surface area contributed by atoms with Gasteiger partial charge in [0.2, 0.25) is 0 Å². The zero-order valence-corrected chi connectivity index (χ0v) is 12.0. The van der Waals surface area contributed by atoms with E-state index in [1.165, 1.54) is 0 Å². The Bertz CT molecular complexity index is 591. The molecule has 0 aliphatic rings. The normalized spacial score (nSPS) is 11.6. The minimum atomic E-state index is -0.0338. The number of ketones is 1. The third-order valence-corrected chi connectivity index (χ3v) is 3.28. The highest BCUT2D eigenvalue weighted by Crippen LogP contribution is 2.26. The largest absolute Gasteiger partial charge is 0.338 e. The van der Waals surface area contributed by atoms with Gasteiger partial charge in [-0.3, -0.25) is 4.79 Å². The highest BCUT2D eigenvalue weighted by Gasteiger charge is 2.21. The highest BCUT2D eigenvalue weighted by atomic mass is 16.1. The first-order valence-electron chi connectivity index (χ1n) is 6.48. The maximum absolute atomic E-state index is 12.5. The van der Waals surface area contributed by atoms with Crippen LogP contribution in [0.3, 0.4) is 0 Å². The van der Waals surface area contributed by atoms with Gasteiger partial charge in [-0.05, 0) is 11.0 Å². The van der Waals surface area contributed by atoms with Gasteiger partial charge in [-0.25, -0.2) is 4.98 Å². The van der Waals surface area contributed by atoms with Gasteiger partial charge in [0.05, 0.1) is 6.42 Å². The topological polar surface area (TPSA) is 34.9 Å². The summed E-state index contributed by atoms with van der Waals surface area (Å²) >= 11 is 0. The molecule has 3 nitrogen and oxygen atoms in total. The summed E-state index contributed by atoms with van der Waals surface area (Å²) in [5.74, 6) is 0.925. The predicted octanol–water partition coefficient (Wildman–Crippen LogP) is 3.14. The van der Waals surface area contributed by atoms with Crippen molar-refractivity contribution in [3.8, 4) is 0 Å². The van der Waals surface area contributed by atoms with Crippen LogP contribution in [0, 0.1) is 0 Å². The average Bonchev–Trinajstić information content (AvgIpc) is 2.74. The van der Waals surface area contributed by atoms with E-state index in [4.69, 9.17) is 0 Å². The summed E-state index contributed by atoms with van der Waals surface area (Å²) in [4.78, 5) is 16.7. The van der Waals surface area contributed by atoms with Gasteiger partial charge < -0.3 is 4.57 Å². The molecule has 1 heterocycles. The molecule has 0 unspecified atom stereocenters. The molecule has 0 amide bonds. The summed E-state index contributed by atoms with van der Waals surface area (Å²) in [5.41, 5.74) is 1.86. The first-order chi connectivity index (χ1) is 8.89. The van der Waals surface area contributed by atoms with Crippen LogP contribution >= 0.6 is 0 Å². The molecule has 0 bridgehead atoms. The van der Waals surface area contributed by atoms with Gasteiger partial charge in [0.15, 0.2) is 5.78 Å². The van der Waals surface area contributed by atoms with E-state index in [1.807, 2.05) is 42.1 Å². The van der Waals surface area contributed by atoms with E-state index in [-0.39, 0.29) is 11.2 Å². The standard InChI is InChI=1S/C16H20N2O/c1-16(2,3)13-8-6-5-7-12(13)14(19)11-15-17-9-10-18(15)4/h5-10H,11H2,1-4H3. The van der Waals surface area contributed by atoms with Crippen molar-refractivity contribution >= 4 is 5.78 Å². The molecule has 19 heavy (non-hydrogen) atoms. The number of carbonyl (C=O) groups excluding carboxylic acids is 1. The van der Waals surface area contributed by atoms with E-state index in [2.05, 4.69) is 25.8 Å². The Morgan fingerprint density at radius 3 is 2.53 bits per heavy atom. The number of rotatable bonds is 3. The van der Waals surface area contributed by atoms with E-state index in [1.54, 1.807) is 6.20 Å². The number of nitrogens with zero attached hydrogens (tertiary/aromatic N) is 2. The van der Waals surface area contributed by atoms with E-state index >= 15 is 0 Å². The first kappa shape index (κ1) is 13.5. The predicted molar refractivity (Wildman–Crippen MR) is 76.4 cm³/mol. The SMILES string of the molecule is Cn1ccnc1CC(=O)c1ccccc1C(C)(C)C. The molecule has 0 aliphatic carbocycles. The molecule has 0 fully saturated rings. The number of Topliss-reactive ketones (excluding diaryl/α,β-unsaturated/α-hetero) is 1. The Morgan fingerprint density at radius 1 is 1.26 bits per heavy atom. The van der Waals surface area contributed by atoms with Crippen LogP contribution in [-0.2, 0) is 18.9 Å². The molecule has 0 spiro atoms. The number of hydrogen-bond acceptors (Lipinski definition) is 2. The molecule has 3 heteroatoms. The van der Waals surface area contributed by atoms with Crippen molar-refractivity contribution in [2.24, 2.45) is 7.05 Å². The van der Waals surface area contributed by atoms with Crippen LogP contribution in [0.4, 0.5) is 0 Å². The molecule has 0 N–H and O–H groups in total. The summed E-state index contributed by atoms with van der Waals surface area (Å²) in [6.07, 6.45) is 3.92. The molecule has 1 aromatic heterocycles. The Morgan fingerprint density at radius 2 is 1.95 bits per heavy atom. The lowest BCUT2D eigenvalue weighted by molar-refractivity contribution is 0.0988. The van der Waals surface area contributed by atoms with Crippen molar-refractivity contribution in [2.45, 2.75) is 32.6 Å². The summed E-state index contributed by atoms with van der Waals surface area (Å²) in [6.45, 7) is 6.37. The van der Waals surface area contributed by atoms with Crippen LogP contribution < -0.4 is 0 Å². The van der Waals surface area contributed by atoms with Crippen LogP contribution in [0.2, 0.25) is 0 Å². The zero-order valence-electron chi connectivity index (χ0n) is 12.0. The minimum absolute atomic E-state index is 0.0338. The molecule has 1 aromatic carbocycles. The fourth-order valence-electron chi connectivity index (χ4n) is 2.19. The quantitative estimate of drug-likeness (QED) is 0.791. The second-order valence-electron chi connectivity index (χ2n) is 5.85. The lowest BCUT2D eigenvalue weighted by atomic mass is 9.82. The van der Waals surface area contributed by atoms with Gasteiger partial charge in [0.25, 0.3) is 0 Å². The molecule has 2 aromatic rings. The molecular formula is C16H20N2O. The van der Waals surface area contributed by atoms with Gasteiger partial charge in [-0.2, -0.15) is 0 Å². The second-order valence-corrected chi connectivity index (χ2v) is 5.85. The zero-order chi connectivity index (χ0) is 14.0. The summed E-state index contributed by atoms with van der Waals surface area (Å²) < 4.78 is 1.89. The van der Waals surface area contributed by atoms with Gasteiger partial charge >= 0.3 is 0 Å². The van der Waals surface area contributed by atoms with Gasteiger partial charge in [-0.1, -0.05) is 45.0 Å². The summed E-state index contributed by atoms with van der Waals surface area (Å²) in [5, 5.41) is 0. The molecule has 0 aliphatic heterocycles. The number of hydrogen-bond donors (Lipinski definition) is 0. The lowest BCUT2D eigenvalue weighted by Gasteiger charge is -2.22. The third kappa shape index (κ3) is 2.92. The molecular weight excluding hydrogens is 236 g/mol. The van der Waals surface area contributed by atoms with E-state index < -0.39 is 0 Å². The number of imidazole rings is 1. The monoisotopic (exact) mass is 256 g/mol. The van der Waals surface area contributed by atoms with E-state index in [0.29, 0.717) is 6.42 Å². The van der Waals surface area contributed by atoms with Crippen molar-refractivity contribution in [1.82, 2.24) is 9.55 Å². The smallest absolute Gasteiger partial charge is 0.170 e. The lowest BCUT2D eigenvalue weighted by Crippen LogP contribution is -2.18. The number of carbonyl (C=O) groups is 1. The summed E-state index contributed by atoms with van der Waals surface area (Å²) in [6, 6.07) is 7.84. The number of aromatic nitrogens is 2. The van der Waals surface area contributed by atoms with Crippen LogP contribution in [0.15, 0.2) is 36.7 Å². The Kier molecular flexibility index (Phi) is 3.56. The second kappa shape index (κ2) is 5.00. The van der Waals surface area contributed by atoms with Crippen LogP contribution in [0.25, 0.3) is 0 Å². The van der Waals surface area contributed by atoms with Crippen LogP contribution in [0.5, 0.6) is 0 Å². The van der Waals surface area contributed by atoms with Gasteiger partial charge in [0.1, 0.15) is 5.82 Å². The van der Waals surface area contributed by atoms with Crippen LogP contribution in [-0.4, -0.2) is 15.3 Å². The number of benzene rings is 1. The Balaban J connectivity index is 2.32. The molecule has 0 atom stereocenters. The molecule has 0 saturated heterocycles. The van der Waals surface area contributed by atoms with Crippen molar-refractivity contribution in [1.29, 1.82) is 0 Å². The first-order valence-corrected chi connectivity index (χ1v) is 6.48.